The molecule has 0 aromatic heterocycles. The van der Waals surface area contributed by atoms with Gasteiger partial charge in [-0.15, -0.1) is 0 Å². The van der Waals surface area contributed by atoms with Crippen LogP contribution in [0.3, 0.4) is 0 Å². The summed E-state index contributed by atoms with van der Waals surface area (Å²) in [6.07, 6.45) is 0. The lowest BCUT2D eigenvalue weighted by Crippen LogP contribution is -2.35. The lowest BCUT2D eigenvalue weighted by atomic mass is 10.1. The van der Waals surface area contributed by atoms with Gasteiger partial charge in [-0.2, -0.15) is 5.26 Å². The zero-order valence-electron chi connectivity index (χ0n) is 11.6. The standard InChI is InChI=1S/C14H18FN3O2/c1-17(2)5-6-18(10-14(19)20)9-11-3-4-13(15)7-12(11)8-16/h3-4,7H,5-6,9-10H2,1-2H3,(H,19,20). The first-order valence-corrected chi connectivity index (χ1v) is 6.19. The number of likely N-dealkylation sites (N-methyl/N-ethyl adjacent to an activating group) is 1. The Morgan fingerprint density at radius 3 is 2.65 bits per heavy atom. The Kier molecular flexibility index (Phi) is 6.10. The maximum Gasteiger partial charge on any atom is 0.317 e. The molecule has 0 aliphatic carbocycles. The number of rotatable bonds is 7. The van der Waals surface area contributed by atoms with Gasteiger partial charge in [-0.05, 0) is 31.8 Å². The predicted molar refractivity (Wildman–Crippen MR) is 72.6 cm³/mol. The molecule has 20 heavy (non-hydrogen) atoms. The Balaban J connectivity index is 2.83. The highest BCUT2D eigenvalue weighted by Gasteiger charge is 2.13. The topological polar surface area (TPSA) is 67.6 Å². The van der Waals surface area contributed by atoms with Gasteiger partial charge in [0.1, 0.15) is 5.82 Å². The zero-order chi connectivity index (χ0) is 15.1. The van der Waals surface area contributed by atoms with E-state index in [9.17, 15) is 9.18 Å². The molecule has 0 heterocycles. The molecule has 0 fully saturated rings. The van der Waals surface area contributed by atoms with Crippen molar-refractivity contribution in [3.05, 3.63) is 35.1 Å². The van der Waals surface area contributed by atoms with E-state index in [4.69, 9.17) is 10.4 Å². The van der Waals surface area contributed by atoms with Gasteiger partial charge >= 0.3 is 5.97 Å². The first-order chi connectivity index (χ1) is 9.42. The number of nitriles is 1. The molecule has 1 aromatic rings. The van der Waals surface area contributed by atoms with E-state index in [-0.39, 0.29) is 12.1 Å². The number of carbonyl (C=O) groups is 1. The number of benzene rings is 1. The van der Waals surface area contributed by atoms with Crippen LogP contribution in [-0.2, 0) is 11.3 Å². The lowest BCUT2D eigenvalue weighted by Gasteiger charge is -2.22. The Morgan fingerprint density at radius 2 is 2.10 bits per heavy atom. The fourth-order valence-corrected chi connectivity index (χ4v) is 1.78. The van der Waals surface area contributed by atoms with E-state index in [1.807, 2.05) is 25.1 Å². The van der Waals surface area contributed by atoms with Gasteiger partial charge in [-0.3, -0.25) is 9.69 Å². The largest absolute Gasteiger partial charge is 0.480 e. The van der Waals surface area contributed by atoms with Gasteiger partial charge in [0.05, 0.1) is 18.2 Å². The summed E-state index contributed by atoms with van der Waals surface area (Å²) >= 11 is 0. The van der Waals surface area contributed by atoms with Crippen molar-refractivity contribution in [2.24, 2.45) is 0 Å². The first kappa shape index (κ1) is 16.1. The SMILES string of the molecule is CN(C)CCN(CC(=O)O)Cc1ccc(F)cc1C#N. The minimum Gasteiger partial charge on any atom is -0.480 e. The van der Waals surface area contributed by atoms with Crippen molar-refractivity contribution >= 4 is 5.97 Å². The quantitative estimate of drug-likeness (QED) is 0.811. The van der Waals surface area contributed by atoms with Gasteiger partial charge in [0.25, 0.3) is 0 Å². The fourth-order valence-electron chi connectivity index (χ4n) is 1.78. The third-order valence-corrected chi connectivity index (χ3v) is 2.81. The second-order valence-corrected chi connectivity index (χ2v) is 4.82. The summed E-state index contributed by atoms with van der Waals surface area (Å²) in [5.74, 6) is -1.40. The van der Waals surface area contributed by atoms with E-state index >= 15 is 0 Å². The molecule has 1 rings (SSSR count). The summed E-state index contributed by atoms with van der Waals surface area (Å²) in [7, 11) is 3.80. The Morgan fingerprint density at radius 1 is 1.40 bits per heavy atom. The summed E-state index contributed by atoms with van der Waals surface area (Å²) in [5, 5.41) is 17.9. The number of hydrogen-bond donors (Lipinski definition) is 1. The van der Waals surface area contributed by atoms with Crippen LogP contribution in [0.4, 0.5) is 4.39 Å². The van der Waals surface area contributed by atoms with Crippen LogP contribution in [0.2, 0.25) is 0 Å². The third kappa shape index (κ3) is 5.34. The van der Waals surface area contributed by atoms with Crippen LogP contribution in [0.25, 0.3) is 0 Å². The molecule has 0 aliphatic rings. The lowest BCUT2D eigenvalue weighted by molar-refractivity contribution is -0.138. The molecule has 0 saturated heterocycles. The zero-order valence-corrected chi connectivity index (χ0v) is 11.6. The van der Waals surface area contributed by atoms with E-state index < -0.39 is 11.8 Å². The Labute approximate surface area is 117 Å². The highest BCUT2D eigenvalue weighted by molar-refractivity contribution is 5.69. The number of carboxylic acid groups (broad SMARTS) is 1. The predicted octanol–water partition coefficient (Wildman–Crippen LogP) is 1.15. The number of carboxylic acids is 1. The average Bonchev–Trinajstić information content (AvgIpc) is 2.37. The summed E-state index contributed by atoms with van der Waals surface area (Å²) in [4.78, 5) is 14.5. The highest BCUT2D eigenvalue weighted by Crippen LogP contribution is 2.13. The van der Waals surface area contributed by atoms with Crippen LogP contribution >= 0.6 is 0 Å². The maximum absolute atomic E-state index is 13.1. The molecule has 0 unspecified atom stereocenters. The minimum atomic E-state index is -0.927. The summed E-state index contributed by atoms with van der Waals surface area (Å²) in [5.41, 5.74) is 0.874. The molecule has 0 bridgehead atoms. The molecule has 0 radical (unpaired) electrons. The van der Waals surface area contributed by atoms with E-state index in [1.54, 1.807) is 4.90 Å². The number of hydrogen-bond acceptors (Lipinski definition) is 4. The van der Waals surface area contributed by atoms with Crippen molar-refractivity contribution in [2.45, 2.75) is 6.54 Å². The van der Waals surface area contributed by atoms with Gasteiger partial charge < -0.3 is 10.0 Å². The van der Waals surface area contributed by atoms with Gasteiger partial charge in [-0.25, -0.2) is 4.39 Å². The molecule has 1 aromatic carbocycles. The van der Waals surface area contributed by atoms with Crippen LogP contribution in [0.15, 0.2) is 18.2 Å². The molecule has 0 atom stereocenters. The van der Waals surface area contributed by atoms with Gasteiger partial charge in [0.15, 0.2) is 0 Å². The van der Waals surface area contributed by atoms with Gasteiger partial charge in [0.2, 0.25) is 0 Å². The third-order valence-electron chi connectivity index (χ3n) is 2.81. The number of aliphatic carboxylic acids is 1. The van der Waals surface area contributed by atoms with Crippen LogP contribution in [0, 0.1) is 17.1 Å². The molecule has 0 aliphatic heterocycles. The Bertz CT molecular complexity index is 512. The second-order valence-electron chi connectivity index (χ2n) is 4.82. The fraction of sp³-hybridized carbons (Fsp3) is 0.429. The highest BCUT2D eigenvalue weighted by atomic mass is 19.1. The van der Waals surface area contributed by atoms with E-state index in [0.717, 1.165) is 0 Å². The summed E-state index contributed by atoms with van der Waals surface area (Å²) < 4.78 is 13.1. The van der Waals surface area contributed by atoms with Crippen LogP contribution in [0.5, 0.6) is 0 Å². The minimum absolute atomic E-state index is 0.115. The molecule has 0 amide bonds. The monoisotopic (exact) mass is 279 g/mol. The van der Waals surface area contributed by atoms with Crippen molar-refractivity contribution in [1.29, 1.82) is 5.26 Å². The smallest absolute Gasteiger partial charge is 0.317 e. The van der Waals surface area contributed by atoms with Crippen molar-refractivity contribution in [1.82, 2.24) is 9.80 Å². The van der Waals surface area contributed by atoms with Crippen molar-refractivity contribution < 1.29 is 14.3 Å². The summed E-state index contributed by atoms with van der Waals surface area (Å²) in [6, 6.07) is 5.91. The number of nitrogens with zero attached hydrogens (tertiary/aromatic N) is 3. The molecular weight excluding hydrogens is 261 g/mol. The van der Waals surface area contributed by atoms with Crippen LogP contribution < -0.4 is 0 Å². The first-order valence-electron chi connectivity index (χ1n) is 6.19. The second kappa shape index (κ2) is 7.58. The van der Waals surface area contributed by atoms with Crippen molar-refractivity contribution in [3.8, 4) is 6.07 Å². The van der Waals surface area contributed by atoms with Gasteiger partial charge in [-0.1, -0.05) is 6.07 Å². The van der Waals surface area contributed by atoms with Crippen molar-refractivity contribution in [2.75, 3.05) is 33.7 Å². The average molecular weight is 279 g/mol. The molecule has 0 spiro atoms. The molecule has 5 nitrogen and oxygen atoms in total. The van der Waals surface area contributed by atoms with Crippen molar-refractivity contribution in [3.63, 3.8) is 0 Å². The molecule has 1 N–H and O–H groups in total. The number of halogens is 1. The molecular formula is C14H18FN3O2. The normalized spacial score (nSPS) is 10.8. The molecule has 108 valence electrons. The molecule has 6 heteroatoms. The Hall–Kier alpha value is -1.97. The van der Waals surface area contributed by atoms with E-state index in [2.05, 4.69) is 0 Å². The van der Waals surface area contributed by atoms with Crippen LogP contribution in [0.1, 0.15) is 11.1 Å². The van der Waals surface area contributed by atoms with E-state index in [0.29, 0.717) is 25.2 Å². The maximum atomic E-state index is 13.1. The summed E-state index contributed by atoms with van der Waals surface area (Å²) in [6.45, 7) is 1.46. The van der Waals surface area contributed by atoms with E-state index in [1.165, 1.54) is 18.2 Å². The van der Waals surface area contributed by atoms with Crippen LogP contribution in [-0.4, -0.2) is 54.6 Å². The van der Waals surface area contributed by atoms with Gasteiger partial charge in [0, 0.05) is 19.6 Å². The molecule has 0 saturated carbocycles.